The zero-order valence-electron chi connectivity index (χ0n) is 9.90. The Kier molecular flexibility index (Phi) is 6.02. The maximum absolute atomic E-state index is 13.4. The second kappa shape index (κ2) is 7.03. The third-order valence-electron chi connectivity index (χ3n) is 2.42. The Morgan fingerprint density at radius 1 is 1.41 bits per heavy atom. The molecule has 0 bridgehead atoms. The largest absolute Gasteiger partial charge is 0.379 e. The summed E-state index contributed by atoms with van der Waals surface area (Å²) >= 11 is 3.07. The van der Waals surface area contributed by atoms with Crippen molar-refractivity contribution in [3.05, 3.63) is 33.8 Å². The molecule has 0 aliphatic rings. The number of rotatable bonds is 6. The van der Waals surface area contributed by atoms with E-state index in [0.717, 1.165) is 12.5 Å². The van der Waals surface area contributed by atoms with Gasteiger partial charge in [-0.2, -0.15) is 0 Å². The fourth-order valence-electron chi connectivity index (χ4n) is 1.48. The molecule has 96 valence electrons. The van der Waals surface area contributed by atoms with Crippen LogP contribution in [0, 0.1) is 11.6 Å². The number of halogens is 3. The molecule has 5 heteroatoms. The Morgan fingerprint density at radius 3 is 2.71 bits per heavy atom. The summed E-state index contributed by atoms with van der Waals surface area (Å²) in [5, 5.41) is 3.02. The van der Waals surface area contributed by atoms with Crippen LogP contribution < -0.4 is 5.32 Å². The minimum atomic E-state index is -0.863. The maximum atomic E-state index is 13.4. The van der Waals surface area contributed by atoms with E-state index in [1.54, 1.807) is 13.1 Å². The van der Waals surface area contributed by atoms with Crippen LogP contribution in [0.1, 0.15) is 24.9 Å². The summed E-state index contributed by atoms with van der Waals surface area (Å²) in [7, 11) is 1.76. The number of benzene rings is 1. The van der Waals surface area contributed by atoms with Crippen molar-refractivity contribution in [3.8, 4) is 0 Å². The van der Waals surface area contributed by atoms with E-state index < -0.39 is 11.6 Å². The average Bonchev–Trinajstić information content (AvgIpc) is 2.33. The molecule has 17 heavy (non-hydrogen) atoms. The highest BCUT2D eigenvalue weighted by Crippen LogP contribution is 2.28. The fourth-order valence-corrected chi connectivity index (χ4v) is 2.08. The molecule has 0 saturated carbocycles. The molecular weight excluding hydrogens is 292 g/mol. The number of hydrogen-bond donors (Lipinski definition) is 1. The van der Waals surface area contributed by atoms with E-state index in [1.807, 2.05) is 6.92 Å². The number of ether oxygens (including phenoxy) is 1. The van der Waals surface area contributed by atoms with Crippen LogP contribution in [0.15, 0.2) is 16.6 Å². The van der Waals surface area contributed by atoms with Crippen LogP contribution in [0.5, 0.6) is 0 Å². The number of nitrogens with one attached hydrogen (secondary N) is 1. The molecule has 0 amide bonds. The molecule has 0 aliphatic heterocycles. The highest BCUT2D eigenvalue weighted by atomic mass is 79.9. The van der Waals surface area contributed by atoms with Crippen LogP contribution in [0.25, 0.3) is 0 Å². The van der Waals surface area contributed by atoms with Gasteiger partial charge in [0.2, 0.25) is 0 Å². The van der Waals surface area contributed by atoms with Crippen LogP contribution in [0.4, 0.5) is 8.78 Å². The van der Waals surface area contributed by atoms with Gasteiger partial charge in [0.05, 0.1) is 17.1 Å². The van der Waals surface area contributed by atoms with E-state index in [2.05, 4.69) is 21.2 Å². The van der Waals surface area contributed by atoms with Crippen LogP contribution in [0.2, 0.25) is 0 Å². The van der Waals surface area contributed by atoms with Crippen molar-refractivity contribution in [2.45, 2.75) is 19.4 Å². The first kappa shape index (κ1) is 14.5. The standard InChI is InChI=1S/C12H16BrF2NO/c1-3-6-17-7-10(16-2)8-4-5-9(14)12(15)11(8)13/h4-5,10,16H,3,6-7H2,1-2H3. The molecule has 0 aliphatic carbocycles. The van der Waals surface area contributed by atoms with Crippen molar-refractivity contribution in [1.29, 1.82) is 0 Å². The van der Waals surface area contributed by atoms with Crippen molar-refractivity contribution >= 4 is 15.9 Å². The van der Waals surface area contributed by atoms with Gasteiger partial charge in [-0.3, -0.25) is 0 Å². The van der Waals surface area contributed by atoms with Gasteiger partial charge in [0.25, 0.3) is 0 Å². The van der Waals surface area contributed by atoms with E-state index in [9.17, 15) is 8.78 Å². The minimum absolute atomic E-state index is 0.150. The first-order valence-electron chi connectivity index (χ1n) is 5.50. The van der Waals surface area contributed by atoms with Crippen molar-refractivity contribution in [2.24, 2.45) is 0 Å². The molecule has 0 radical (unpaired) electrons. The lowest BCUT2D eigenvalue weighted by molar-refractivity contribution is 0.114. The summed E-state index contributed by atoms with van der Waals surface area (Å²) in [4.78, 5) is 0. The van der Waals surface area contributed by atoms with Gasteiger partial charge in [-0.15, -0.1) is 0 Å². The number of hydrogen-bond acceptors (Lipinski definition) is 2. The van der Waals surface area contributed by atoms with Crippen molar-refractivity contribution in [2.75, 3.05) is 20.3 Å². The first-order chi connectivity index (χ1) is 8.11. The molecule has 1 rings (SSSR count). The van der Waals surface area contributed by atoms with Gasteiger partial charge >= 0.3 is 0 Å². The first-order valence-corrected chi connectivity index (χ1v) is 6.29. The second-order valence-corrected chi connectivity index (χ2v) is 4.47. The fraction of sp³-hybridized carbons (Fsp3) is 0.500. The quantitative estimate of drug-likeness (QED) is 0.642. The molecule has 1 aromatic carbocycles. The van der Waals surface area contributed by atoms with Crippen LogP contribution >= 0.6 is 15.9 Å². The van der Waals surface area contributed by atoms with Crippen molar-refractivity contribution in [1.82, 2.24) is 5.32 Å². The van der Waals surface area contributed by atoms with Gasteiger partial charge in [-0.25, -0.2) is 8.78 Å². The lowest BCUT2D eigenvalue weighted by Crippen LogP contribution is -2.23. The summed E-state index contributed by atoms with van der Waals surface area (Å²) in [5.74, 6) is -1.72. The monoisotopic (exact) mass is 307 g/mol. The Bertz CT molecular complexity index is 374. The van der Waals surface area contributed by atoms with Crippen LogP contribution in [-0.2, 0) is 4.74 Å². The van der Waals surface area contributed by atoms with E-state index in [1.165, 1.54) is 0 Å². The Hall–Kier alpha value is -0.520. The van der Waals surface area contributed by atoms with Gasteiger partial charge < -0.3 is 10.1 Å². The molecule has 1 aromatic rings. The SMILES string of the molecule is CCCOCC(NC)c1ccc(F)c(F)c1Br. The van der Waals surface area contributed by atoms with Crippen molar-refractivity contribution in [3.63, 3.8) is 0 Å². The summed E-state index contributed by atoms with van der Waals surface area (Å²) in [6.07, 6.45) is 0.926. The van der Waals surface area contributed by atoms with Gasteiger partial charge in [0, 0.05) is 6.61 Å². The average molecular weight is 308 g/mol. The third kappa shape index (κ3) is 3.72. The predicted molar refractivity (Wildman–Crippen MR) is 67.0 cm³/mol. The molecule has 0 saturated heterocycles. The lowest BCUT2D eigenvalue weighted by Gasteiger charge is -2.18. The smallest absolute Gasteiger partial charge is 0.173 e. The summed E-state index contributed by atoms with van der Waals surface area (Å²) in [6.45, 7) is 3.09. The van der Waals surface area contributed by atoms with Crippen LogP contribution in [-0.4, -0.2) is 20.3 Å². The molecule has 0 aromatic heterocycles. The molecule has 0 fully saturated rings. The molecule has 2 nitrogen and oxygen atoms in total. The van der Waals surface area contributed by atoms with E-state index in [0.29, 0.717) is 18.8 Å². The van der Waals surface area contributed by atoms with E-state index >= 15 is 0 Å². The zero-order chi connectivity index (χ0) is 12.8. The summed E-state index contributed by atoms with van der Waals surface area (Å²) in [5.41, 5.74) is 0.655. The summed E-state index contributed by atoms with van der Waals surface area (Å²) < 4.78 is 31.9. The van der Waals surface area contributed by atoms with Gasteiger partial charge in [0.1, 0.15) is 0 Å². The molecule has 1 N–H and O–H groups in total. The summed E-state index contributed by atoms with van der Waals surface area (Å²) in [6, 6.07) is 2.52. The molecule has 0 spiro atoms. The lowest BCUT2D eigenvalue weighted by atomic mass is 10.1. The van der Waals surface area contributed by atoms with E-state index in [4.69, 9.17) is 4.74 Å². The topological polar surface area (TPSA) is 21.3 Å². The predicted octanol–water partition coefficient (Wildman–Crippen LogP) is 3.41. The molecule has 1 atom stereocenters. The third-order valence-corrected chi connectivity index (χ3v) is 3.23. The molecule has 1 unspecified atom stereocenters. The van der Waals surface area contributed by atoms with Gasteiger partial charge in [-0.05, 0) is 41.0 Å². The normalized spacial score (nSPS) is 12.8. The Morgan fingerprint density at radius 2 is 2.12 bits per heavy atom. The molecule has 0 heterocycles. The van der Waals surface area contributed by atoms with Crippen molar-refractivity contribution < 1.29 is 13.5 Å². The highest BCUT2D eigenvalue weighted by molar-refractivity contribution is 9.10. The molecular formula is C12H16BrF2NO. The number of likely N-dealkylation sites (N-methyl/N-ethyl adjacent to an activating group) is 1. The Balaban J connectivity index is 2.85. The van der Waals surface area contributed by atoms with Gasteiger partial charge in [0.15, 0.2) is 11.6 Å². The minimum Gasteiger partial charge on any atom is -0.379 e. The van der Waals surface area contributed by atoms with Gasteiger partial charge in [-0.1, -0.05) is 13.0 Å². The Labute approximate surface area is 108 Å². The highest BCUT2D eigenvalue weighted by Gasteiger charge is 2.17. The van der Waals surface area contributed by atoms with Crippen LogP contribution in [0.3, 0.4) is 0 Å². The van der Waals surface area contributed by atoms with E-state index in [-0.39, 0.29) is 10.5 Å². The zero-order valence-corrected chi connectivity index (χ0v) is 11.5. The maximum Gasteiger partial charge on any atom is 0.173 e. The second-order valence-electron chi connectivity index (χ2n) is 3.68.